The Balaban J connectivity index is 2.02. The molecule has 2 aromatic heterocycles. The first-order valence-corrected chi connectivity index (χ1v) is 8.23. The molecule has 0 unspecified atom stereocenters. The Labute approximate surface area is 149 Å². The third kappa shape index (κ3) is 2.73. The highest BCUT2D eigenvalue weighted by Gasteiger charge is 2.22. The molecule has 0 aliphatic carbocycles. The Morgan fingerprint density at radius 1 is 1.15 bits per heavy atom. The Bertz CT molecular complexity index is 1140. The number of hydrogen-bond donors (Lipinski definition) is 1. The summed E-state index contributed by atoms with van der Waals surface area (Å²) in [6.07, 6.45) is 1.41. The normalized spacial score (nSPS) is 12.3. The Morgan fingerprint density at radius 3 is 2.50 bits per heavy atom. The monoisotopic (exact) mass is 355 g/mol. The van der Waals surface area contributed by atoms with Gasteiger partial charge in [0.25, 0.3) is 5.56 Å². The maximum atomic E-state index is 12.7. The molecule has 2 heterocycles. The minimum atomic E-state index is -0.675. The summed E-state index contributed by atoms with van der Waals surface area (Å²) in [6.45, 7) is 5.59. The number of anilines is 1. The van der Waals surface area contributed by atoms with E-state index in [-0.39, 0.29) is 17.1 Å². The minimum Gasteiger partial charge on any atom is -0.324 e. The van der Waals surface area contributed by atoms with E-state index in [9.17, 15) is 14.4 Å². The van der Waals surface area contributed by atoms with Gasteiger partial charge in [0.15, 0.2) is 11.2 Å². The lowest BCUT2D eigenvalue weighted by molar-refractivity contribution is -0.118. The van der Waals surface area contributed by atoms with E-state index in [4.69, 9.17) is 0 Å². The van der Waals surface area contributed by atoms with Crippen molar-refractivity contribution < 1.29 is 4.79 Å². The van der Waals surface area contributed by atoms with Gasteiger partial charge in [0.05, 0.1) is 6.33 Å². The average molecular weight is 355 g/mol. The molecule has 1 N–H and O–H groups in total. The average Bonchev–Trinajstić information content (AvgIpc) is 3.04. The fourth-order valence-electron chi connectivity index (χ4n) is 2.98. The van der Waals surface area contributed by atoms with Crippen molar-refractivity contribution in [2.24, 2.45) is 14.1 Å². The molecule has 8 nitrogen and oxygen atoms in total. The summed E-state index contributed by atoms with van der Waals surface area (Å²) in [5.74, 6) is -0.271. The largest absolute Gasteiger partial charge is 0.332 e. The van der Waals surface area contributed by atoms with Crippen molar-refractivity contribution in [3.05, 3.63) is 56.5 Å². The fourth-order valence-corrected chi connectivity index (χ4v) is 2.98. The Kier molecular flexibility index (Phi) is 4.27. The van der Waals surface area contributed by atoms with Crippen LogP contribution in [0.3, 0.4) is 0 Å². The molecule has 1 aromatic carbocycles. The molecule has 26 heavy (non-hydrogen) atoms. The van der Waals surface area contributed by atoms with Crippen LogP contribution in [0.5, 0.6) is 0 Å². The van der Waals surface area contributed by atoms with Crippen LogP contribution in [-0.4, -0.2) is 24.6 Å². The number of hydrogen-bond acceptors (Lipinski definition) is 4. The number of nitrogens with one attached hydrogen (secondary N) is 1. The number of carbonyl (C=O) groups excluding carboxylic acids is 1. The SMILES string of the molecule is Cc1ccc(NC(=O)[C@H](C)n2cnc3c2c(=O)n(C)c(=O)n3C)c(C)c1. The van der Waals surface area contributed by atoms with Crippen LogP contribution >= 0.6 is 0 Å². The second kappa shape index (κ2) is 6.29. The van der Waals surface area contributed by atoms with Crippen molar-refractivity contribution in [3.63, 3.8) is 0 Å². The zero-order valence-electron chi connectivity index (χ0n) is 15.4. The number of carbonyl (C=O) groups is 1. The predicted molar refractivity (Wildman–Crippen MR) is 99.5 cm³/mol. The number of amides is 1. The maximum Gasteiger partial charge on any atom is 0.332 e. The van der Waals surface area contributed by atoms with E-state index in [1.165, 1.54) is 22.5 Å². The van der Waals surface area contributed by atoms with Gasteiger partial charge in [-0.05, 0) is 32.4 Å². The highest BCUT2D eigenvalue weighted by molar-refractivity contribution is 5.95. The van der Waals surface area contributed by atoms with E-state index >= 15 is 0 Å². The second-order valence-electron chi connectivity index (χ2n) is 6.51. The molecule has 0 aliphatic heterocycles. The zero-order valence-corrected chi connectivity index (χ0v) is 15.4. The van der Waals surface area contributed by atoms with Crippen molar-refractivity contribution >= 4 is 22.8 Å². The van der Waals surface area contributed by atoms with Crippen LogP contribution in [0, 0.1) is 13.8 Å². The molecular formula is C18H21N5O3. The number of imidazole rings is 1. The van der Waals surface area contributed by atoms with E-state index < -0.39 is 17.3 Å². The van der Waals surface area contributed by atoms with Crippen molar-refractivity contribution in [3.8, 4) is 0 Å². The minimum absolute atomic E-state index is 0.220. The number of rotatable bonds is 3. The molecular weight excluding hydrogens is 334 g/mol. The van der Waals surface area contributed by atoms with Crippen LogP contribution in [0.25, 0.3) is 11.2 Å². The summed E-state index contributed by atoms with van der Waals surface area (Å²) in [7, 11) is 2.95. The molecule has 0 radical (unpaired) electrons. The van der Waals surface area contributed by atoms with Crippen LogP contribution in [0.4, 0.5) is 5.69 Å². The van der Waals surface area contributed by atoms with Crippen LogP contribution in [0.2, 0.25) is 0 Å². The first kappa shape index (κ1) is 17.7. The molecule has 0 spiro atoms. The van der Waals surface area contributed by atoms with Crippen LogP contribution in [0.15, 0.2) is 34.1 Å². The first-order chi connectivity index (χ1) is 12.2. The molecule has 1 amide bonds. The van der Waals surface area contributed by atoms with Gasteiger partial charge in [0, 0.05) is 19.8 Å². The smallest absolute Gasteiger partial charge is 0.324 e. The molecule has 136 valence electrons. The van der Waals surface area contributed by atoms with E-state index in [1.54, 1.807) is 14.0 Å². The molecule has 3 rings (SSSR count). The lowest BCUT2D eigenvalue weighted by Crippen LogP contribution is -2.38. The van der Waals surface area contributed by atoms with E-state index in [2.05, 4.69) is 10.3 Å². The highest BCUT2D eigenvalue weighted by atomic mass is 16.2. The van der Waals surface area contributed by atoms with Gasteiger partial charge < -0.3 is 9.88 Å². The molecule has 1 atom stereocenters. The van der Waals surface area contributed by atoms with Crippen molar-refractivity contribution in [2.45, 2.75) is 26.8 Å². The summed E-state index contributed by atoms with van der Waals surface area (Å²) >= 11 is 0. The standard InChI is InChI=1S/C18H21N5O3/c1-10-6-7-13(11(2)8-10)20-16(24)12(3)23-9-19-15-14(23)17(25)22(5)18(26)21(15)4/h6-9,12H,1-5H3,(H,20,24)/t12-/m0/s1. The third-order valence-corrected chi connectivity index (χ3v) is 4.61. The van der Waals surface area contributed by atoms with Gasteiger partial charge >= 0.3 is 5.69 Å². The number of benzene rings is 1. The lowest BCUT2D eigenvalue weighted by atomic mass is 10.1. The van der Waals surface area contributed by atoms with Gasteiger partial charge in [-0.1, -0.05) is 17.7 Å². The zero-order chi connectivity index (χ0) is 19.2. The fraction of sp³-hybridized carbons (Fsp3) is 0.333. The Hall–Kier alpha value is -3.16. The number of nitrogens with zero attached hydrogens (tertiary/aromatic N) is 4. The van der Waals surface area contributed by atoms with Gasteiger partial charge in [-0.3, -0.25) is 18.7 Å². The van der Waals surface area contributed by atoms with Gasteiger partial charge in [-0.25, -0.2) is 9.78 Å². The molecule has 0 saturated carbocycles. The van der Waals surface area contributed by atoms with Crippen LogP contribution < -0.4 is 16.6 Å². The molecule has 0 aliphatic rings. The first-order valence-electron chi connectivity index (χ1n) is 8.23. The lowest BCUT2D eigenvalue weighted by Gasteiger charge is -2.16. The van der Waals surface area contributed by atoms with E-state index in [0.717, 1.165) is 21.4 Å². The molecule has 3 aromatic rings. The summed E-state index contributed by atoms with van der Waals surface area (Å²) in [5.41, 5.74) is 2.32. The molecule has 8 heteroatoms. The highest BCUT2D eigenvalue weighted by Crippen LogP contribution is 2.19. The van der Waals surface area contributed by atoms with Crippen molar-refractivity contribution in [2.75, 3.05) is 5.32 Å². The second-order valence-corrected chi connectivity index (χ2v) is 6.51. The number of fused-ring (bicyclic) bond motifs is 1. The molecule has 0 fully saturated rings. The van der Waals surface area contributed by atoms with E-state index in [0.29, 0.717) is 0 Å². The maximum absolute atomic E-state index is 12.7. The summed E-state index contributed by atoms with van der Waals surface area (Å²) in [4.78, 5) is 41.4. The summed E-state index contributed by atoms with van der Waals surface area (Å²) < 4.78 is 3.80. The summed E-state index contributed by atoms with van der Waals surface area (Å²) in [5, 5.41) is 2.89. The quantitative estimate of drug-likeness (QED) is 0.765. The number of aromatic nitrogens is 4. The number of aryl methyl sites for hydroxylation is 3. The van der Waals surface area contributed by atoms with Gasteiger partial charge in [-0.15, -0.1) is 0 Å². The van der Waals surface area contributed by atoms with Crippen LogP contribution in [-0.2, 0) is 18.9 Å². The molecule has 0 bridgehead atoms. The van der Waals surface area contributed by atoms with Crippen LogP contribution in [0.1, 0.15) is 24.1 Å². The summed E-state index contributed by atoms with van der Waals surface area (Å²) in [6, 6.07) is 5.08. The van der Waals surface area contributed by atoms with Crippen molar-refractivity contribution in [1.82, 2.24) is 18.7 Å². The topological polar surface area (TPSA) is 90.9 Å². The Morgan fingerprint density at radius 2 is 1.85 bits per heavy atom. The van der Waals surface area contributed by atoms with Gasteiger partial charge in [0.2, 0.25) is 5.91 Å². The van der Waals surface area contributed by atoms with Gasteiger partial charge in [-0.2, -0.15) is 0 Å². The predicted octanol–water partition coefficient (Wildman–Crippen LogP) is 1.25. The van der Waals surface area contributed by atoms with Gasteiger partial charge in [0.1, 0.15) is 6.04 Å². The van der Waals surface area contributed by atoms with Crippen molar-refractivity contribution in [1.29, 1.82) is 0 Å². The van der Waals surface area contributed by atoms with E-state index in [1.807, 2.05) is 32.0 Å². The molecule has 0 saturated heterocycles. The third-order valence-electron chi connectivity index (χ3n) is 4.61.